The van der Waals surface area contributed by atoms with Gasteiger partial charge < -0.3 is 0 Å². The summed E-state index contributed by atoms with van der Waals surface area (Å²) >= 11 is 0. The summed E-state index contributed by atoms with van der Waals surface area (Å²) in [5, 5.41) is 0. The summed E-state index contributed by atoms with van der Waals surface area (Å²) in [6.45, 7) is 6.66. The van der Waals surface area contributed by atoms with Gasteiger partial charge in [0.2, 0.25) is 0 Å². The zero-order valence-electron chi connectivity index (χ0n) is 8.22. The van der Waals surface area contributed by atoms with E-state index in [-0.39, 0.29) is 0 Å². The molecule has 0 heteroatoms. The van der Waals surface area contributed by atoms with Crippen LogP contribution in [0.2, 0.25) is 0 Å². The molecule has 1 aromatic carbocycles. The van der Waals surface area contributed by atoms with Crippen molar-refractivity contribution in [2.45, 2.75) is 33.6 Å². The number of hydrogen-bond donors (Lipinski definition) is 0. The van der Waals surface area contributed by atoms with Crippen LogP contribution in [-0.4, -0.2) is 0 Å². The van der Waals surface area contributed by atoms with Crippen LogP contribution in [0.25, 0.3) is 0 Å². The maximum Gasteiger partial charge on any atom is -0.0114 e. The fourth-order valence-corrected chi connectivity index (χ4v) is 1.34. The van der Waals surface area contributed by atoms with Gasteiger partial charge in [-0.3, -0.25) is 0 Å². The van der Waals surface area contributed by atoms with Gasteiger partial charge in [-0.15, -0.1) is 0 Å². The third-order valence-corrected chi connectivity index (χ3v) is 1.92. The largest absolute Gasteiger partial charge is 0.0625 e. The quantitative estimate of drug-likeness (QED) is 0.638. The Kier molecular flexibility index (Phi) is 3.33. The third-order valence-electron chi connectivity index (χ3n) is 1.92. The Balaban J connectivity index is 2.72. The molecule has 0 aliphatic heterocycles. The maximum atomic E-state index is 3.43. The number of aryl methyl sites for hydroxylation is 1. The molecule has 0 bridgehead atoms. The van der Waals surface area contributed by atoms with Gasteiger partial charge in [-0.1, -0.05) is 39.0 Å². The van der Waals surface area contributed by atoms with Crippen LogP contribution >= 0.6 is 0 Å². The summed E-state index contributed by atoms with van der Waals surface area (Å²) in [5.41, 5.74) is 2.68. The zero-order chi connectivity index (χ0) is 8.97. The normalized spacial score (nSPS) is 10.7. The number of benzene rings is 1. The Morgan fingerprint density at radius 3 is 2.50 bits per heavy atom. The van der Waals surface area contributed by atoms with Gasteiger partial charge in [0.05, 0.1) is 0 Å². The first-order chi connectivity index (χ1) is 5.72. The van der Waals surface area contributed by atoms with Crippen molar-refractivity contribution in [1.82, 2.24) is 0 Å². The average Bonchev–Trinajstić information content (AvgIpc) is 2.03. The highest BCUT2D eigenvalue weighted by Gasteiger charge is 1.98. The molecule has 1 aromatic rings. The van der Waals surface area contributed by atoms with E-state index < -0.39 is 0 Å². The summed E-state index contributed by atoms with van der Waals surface area (Å²) in [6.07, 6.45) is 2.24. The Labute approximate surface area is 75.6 Å². The summed E-state index contributed by atoms with van der Waals surface area (Å²) < 4.78 is 0. The lowest BCUT2D eigenvalue weighted by Crippen LogP contribution is -1.95. The second-order valence-corrected chi connectivity index (χ2v) is 3.65. The minimum absolute atomic E-state index is 0.730. The molecule has 0 N–H and O–H groups in total. The Morgan fingerprint density at radius 1 is 1.25 bits per heavy atom. The molecule has 0 fully saturated rings. The monoisotopic (exact) mass is 161 g/mol. The van der Waals surface area contributed by atoms with E-state index in [2.05, 4.69) is 45.0 Å². The van der Waals surface area contributed by atoms with Crippen molar-refractivity contribution in [3.8, 4) is 0 Å². The standard InChI is InChI=1S/C12H17/c1-4-11-6-5-7-12(9-11)8-10(2)3/h5-7,10H,4,8H2,1-3H3. The maximum absolute atomic E-state index is 3.43. The predicted octanol–water partition coefficient (Wildman–Crippen LogP) is 3.25. The fourth-order valence-electron chi connectivity index (χ4n) is 1.34. The molecule has 65 valence electrons. The first-order valence-corrected chi connectivity index (χ1v) is 4.72. The van der Waals surface area contributed by atoms with Gasteiger partial charge in [-0.25, -0.2) is 0 Å². The van der Waals surface area contributed by atoms with Crippen molar-refractivity contribution in [1.29, 1.82) is 0 Å². The van der Waals surface area contributed by atoms with Crippen molar-refractivity contribution >= 4 is 0 Å². The summed E-state index contributed by atoms with van der Waals surface area (Å²) in [5.74, 6) is 0.730. The van der Waals surface area contributed by atoms with E-state index in [0.29, 0.717) is 0 Å². The Morgan fingerprint density at radius 2 is 1.92 bits per heavy atom. The van der Waals surface area contributed by atoms with Gasteiger partial charge in [0.15, 0.2) is 0 Å². The molecule has 0 nitrogen and oxygen atoms in total. The van der Waals surface area contributed by atoms with Crippen LogP contribution < -0.4 is 0 Å². The highest BCUT2D eigenvalue weighted by Crippen LogP contribution is 2.09. The Hall–Kier alpha value is -0.780. The molecule has 0 saturated carbocycles. The lowest BCUT2D eigenvalue weighted by Gasteiger charge is -2.05. The number of hydrogen-bond acceptors (Lipinski definition) is 0. The first-order valence-electron chi connectivity index (χ1n) is 4.72. The van der Waals surface area contributed by atoms with Crippen molar-refractivity contribution in [3.63, 3.8) is 0 Å². The van der Waals surface area contributed by atoms with Gasteiger partial charge in [-0.2, -0.15) is 0 Å². The minimum atomic E-state index is 0.730. The molecule has 0 unspecified atom stereocenters. The van der Waals surface area contributed by atoms with Gasteiger partial charge in [0, 0.05) is 0 Å². The van der Waals surface area contributed by atoms with E-state index in [0.717, 1.165) is 18.8 Å². The molecular weight excluding hydrogens is 144 g/mol. The Bertz CT molecular complexity index is 236. The molecule has 0 aliphatic carbocycles. The average molecular weight is 161 g/mol. The van der Waals surface area contributed by atoms with E-state index in [1.807, 2.05) is 0 Å². The van der Waals surface area contributed by atoms with Crippen molar-refractivity contribution in [2.24, 2.45) is 5.92 Å². The van der Waals surface area contributed by atoms with Crippen LogP contribution in [0.4, 0.5) is 0 Å². The summed E-state index contributed by atoms with van der Waals surface area (Å²) in [6, 6.07) is 9.87. The second kappa shape index (κ2) is 4.30. The van der Waals surface area contributed by atoms with Crippen LogP contribution in [0.15, 0.2) is 18.2 Å². The molecular formula is C12H17. The van der Waals surface area contributed by atoms with Crippen LogP contribution in [0.5, 0.6) is 0 Å². The molecule has 1 rings (SSSR count). The van der Waals surface area contributed by atoms with Crippen LogP contribution in [0, 0.1) is 12.0 Å². The smallest absolute Gasteiger partial charge is 0.0114 e. The van der Waals surface area contributed by atoms with Gasteiger partial charge in [0.25, 0.3) is 0 Å². The van der Waals surface area contributed by atoms with Crippen LogP contribution in [0.3, 0.4) is 0 Å². The van der Waals surface area contributed by atoms with E-state index in [1.54, 1.807) is 0 Å². The predicted molar refractivity (Wildman–Crippen MR) is 53.2 cm³/mol. The molecule has 0 amide bonds. The van der Waals surface area contributed by atoms with Crippen LogP contribution in [0.1, 0.15) is 31.9 Å². The number of rotatable bonds is 3. The molecule has 0 heterocycles. The molecule has 12 heavy (non-hydrogen) atoms. The van der Waals surface area contributed by atoms with E-state index >= 15 is 0 Å². The summed E-state index contributed by atoms with van der Waals surface area (Å²) in [7, 11) is 0. The molecule has 0 spiro atoms. The van der Waals surface area contributed by atoms with Crippen molar-refractivity contribution in [2.75, 3.05) is 0 Å². The second-order valence-electron chi connectivity index (χ2n) is 3.65. The fraction of sp³-hybridized carbons (Fsp3) is 0.500. The van der Waals surface area contributed by atoms with Gasteiger partial charge in [-0.05, 0) is 36.0 Å². The lowest BCUT2D eigenvalue weighted by molar-refractivity contribution is 0.646. The molecule has 0 atom stereocenters. The molecule has 0 aromatic heterocycles. The molecule has 1 radical (unpaired) electrons. The van der Waals surface area contributed by atoms with Crippen molar-refractivity contribution < 1.29 is 0 Å². The van der Waals surface area contributed by atoms with E-state index in [4.69, 9.17) is 0 Å². The van der Waals surface area contributed by atoms with Gasteiger partial charge >= 0.3 is 0 Å². The molecule has 0 saturated heterocycles. The SMILES string of the molecule is CCc1[c]c(CC(C)C)ccc1. The highest BCUT2D eigenvalue weighted by atomic mass is 14.0. The lowest BCUT2D eigenvalue weighted by atomic mass is 10.0. The van der Waals surface area contributed by atoms with Crippen molar-refractivity contribution in [3.05, 3.63) is 35.4 Å². The van der Waals surface area contributed by atoms with E-state index in [9.17, 15) is 0 Å². The van der Waals surface area contributed by atoms with Gasteiger partial charge in [0.1, 0.15) is 0 Å². The zero-order valence-corrected chi connectivity index (χ0v) is 8.22. The first kappa shape index (κ1) is 9.31. The van der Waals surface area contributed by atoms with Crippen LogP contribution in [-0.2, 0) is 12.8 Å². The highest BCUT2D eigenvalue weighted by molar-refractivity contribution is 5.21. The molecule has 0 aliphatic rings. The minimum Gasteiger partial charge on any atom is -0.0625 e. The topological polar surface area (TPSA) is 0 Å². The van der Waals surface area contributed by atoms with E-state index in [1.165, 1.54) is 11.1 Å². The summed E-state index contributed by atoms with van der Waals surface area (Å²) in [4.78, 5) is 0. The third kappa shape index (κ3) is 2.69.